The first kappa shape index (κ1) is 15.1. The molecule has 2 atom stereocenters. The molecule has 2 rings (SSSR count). The molecule has 8 heteroatoms. The van der Waals surface area contributed by atoms with Crippen LogP contribution < -0.4 is 5.32 Å². The summed E-state index contributed by atoms with van der Waals surface area (Å²) in [6.45, 7) is -0.292. The van der Waals surface area contributed by atoms with Gasteiger partial charge in [-0.1, -0.05) is 6.42 Å². The van der Waals surface area contributed by atoms with Crippen LogP contribution in [0.3, 0.4) is 0 Å². The topological polar surface area (TPSA) is 69.6 Å². The molecule has 0 saturated carbocycles. The number of carboxylic acids is 1. The molecule has 2 fully saturated rings. The Kier molecular flexibility index (Phi) is 3.95. The van der Waals surface area contributed by atoms with E-state index in [0.29, 0.717) is 13.0 Å². The quantitative estimate of drug-likeness (QED) is 0.797. The molecular weight excluding hydrogens is 277 g/mol. The molecular formula is C12H17F3N2O3. The standard InChI is InChI=1S/C12H17F3N2O3/c13-12(14,15)11(10(19)20)4-6-17(7-11)9(18)8-3-1-2-5-16-8/h8,16H,1-7H2,(H,19,20)/t8-,11?/m1/s1. The van der Waals surface area contributed by atoms with Crippen molar-refractivity contribution in [1.82, 2.24) is 10.2 Å². The van der Waals surface area contributed by atoms with Gasteiger partial charge in [0.1, 0.15) is 0 Å². The number of nitrogens with zero attached hydrogens (tertiary/aromatic N) is 1. The molecule has 0 spiro atoms. The molecule has 0 aromatic rings. The van der Waals surface area contributed by atoms with Crippen LogP contribution in [-0.2, 0) is 9.59 Å². The van der Waals surface area contributed by atoms with E-state index in [2.05, 4.69) is 5.32 Å². The van der Waals surface area contributed by atoms with Crippen molar-refractivity contribution in [3.8, 4) is 0 Å². The van der Waals surface area contributed by atoms with Gasteiger partial charge in [0.25, 0.3) is 0 Å². The van der Waals surface area contributed by atoms with Crippen molar-refractivity contribution in [2.45, 2.75) is 37.9 Å². The highest BCUT2D eigenvalue weighted by molar-refractivity contribution is 5.84. The van der Waals surface area contributed by atoms with Crippen molar-refractivity contribution in [3.05, 3.63) is 0 Å². The molecule has 0 bridgehead atoms. The monoisotopic (exact) mass is 294 g/mol. The summed E-state index contributed by atoms with van der Waals surface area (Å²) in [6, 6.07) is -0.485. The van der Waals surface area contributed by atoms with E-state index in [0.717, 1.165) is 17.7 Å². The van der Waals surface area contributed by atoms with Crippen LogP contribution in [0, 0.1) is 5.41 Å². The van der Waals surface area contributed by atoms with Gasteiger partial charge < -0.3 is 15.3 Å². The molecule has 0 aliphatic carbocycles. The van der Waals surface area contributed by atoms with Gasteiger partial charge in [0.05, 0.1) is 6.04 Å². The van der Waals surface area contributed by atoms with E-state index in [4.69, 9.17) is 5.11 Å². The summed E-state index contributed by atoms with van der Waals surface area (Å²) in [5.74, 6) is -2.33. The Morgan fingerprint density at radius 2 is 2.00 bits per heavy atom. The lowest BCUT2D eigenvalue weighted by atomic mass is 9.86. The van der Waals surface area contributed by atoms with Crippen LogP contribution in [0.1, 0.15) is 25.7 Å². The molecule has 5 nitrogen and oxygen atoms in total. The second kappa shape index (κ2) is 5.23. The number of carboxylic acid groups (broad SMARTS) is 1. The van der Waals surface area contributed by atoms with E-state index in [1.54, 1.807) is 0 Å². The van der Waals surface area contributed by atoms with Crippen molar-refractivity contribution in [1.29, 1.82) is 0 Å². The van der Waals surface area contributed by atoms with Gasteiger partial charge in [-0.2, -0.15) is 13.2 Å². The van der Waals surface area contributed by atoms with Gasteiger partial charge >= 0.3 is 12.1 Å². The molecule has 0 aromatic carbocycles. The summed E-state index contributed by atoms with van der Waals surface area (Å²) in [7, 11) is 0. The lowest BCUT2D eigenvalue weighted by Gasteiger charge is -2.30. The minimum absolute atomic E-state index is 0.164. The van der Waals surface area contributed by atoms with Gasteiger partial charge in [0.15, 0.2) is 5.41 Å². The number of rotatable bonds is 2. The van der Waals surface area contributed by atoms with E-state index < -0.39 is 42.5 Å². The molecule has 2 aliphatic rings. The number of nitrogens with one attached hydrogen (secondary N) is 1. The summed E-state index contributed by atoms with van der Waals surface area (Å²) in [4.78, 5) is 24.2. The van der Waals surface area contributed by atoms with Crippen molar-refractivity contribution < 1.29 is 27.9 Å². The molecule has 1 amide bonds. The van der Waals surface area contributed by atoms with Crippen molar-refractivity contribution in [2.24, 2.45) is 5.41 Å². The zero-order valence-corrected chi connectivity index (χ0v) is 10.9. The predicted molar refractivity (Wildman–Crippen MR) is 63.0 cm³/mol. The van der Waals surface area contributed by atoms with E-state index in [1.165, 1.54) is 0 Å². The number of aliphatic carboxylic acids is 1. The Labute approximate surface area is 114 Å². The average molecular weight is 294 g/mol. The van der Waals surface area contributed by atoms with Crippen LogP contribution in [0.4, 0.5) is 13.2 Å². The first-order valence-electron chi connectivity index (χ1n) is 6.60. The number of carbonyl (C=O) groups excluding carboxylic acids is 1. The highest BCUT2D eigenvalue weighted by Crippen LogP contribution is 2.45. The Balaban J connectivity index is 2.10. The normalized spacial score (nSPS) is 31.4. The van der Waals surface area contributed by atoms with Crippen LogP contribution in [0.2, 0.25) is 0 Å². The third-order valence-electron chi connectivity index (χ3n) is 4.14. The maximum absolute atomic E-state index is 13.0. The number of hydrogen-bond donors (Lipinski definition) is 2. The highest BCUT2D eigenvalue weighted by Gasteiger charge is 2.64. The van der Waals surface area contributed by atoms with Crippen LogP contribution in [0.5, 0.6) is 0 Å². The van der Waals surface area contributed by atoms with Crippen molar-refractivity contribution in [3.63, 3.8) is 0 Å². The average Bonchev–Trinajstić information content (AvgIpc) is 2.85. The van der Waals surface area contributed by atoms with E-state index in [9.17, 15) is 22.8 Å². The summed E-state index contributed by atoms with van der Waals surface area (Å²) < 4.78 is 39.0. The predicted octanol–water partition coefficient (Wildman–Crippen LogP) is 0.994. The first-order chi connectivity index (χ1) is 9.28. The maximum atomic E-state index is 13.0. The van der Waals surface area contributed by atoms with Crippen LogP contribution in [0.25, 0.3) is 0 Å². The second-order valence-electron chi connectivity index (χ2n) is 5.40. The fourth-order valence-electron chi connectivity index (χ4n) is 2.81. The largest absolute Gasteiger partial charge is 0.481 e. The number of piperidine rings is 1. The molecule has 20 heavy (non-hydrogen) atoms. The van der Waals surface area contributed by atoms with Gasteiger partial charge in [-0.25, -0.2) is 0 Å². The Morgan fingerprint density at radius 3 is 2.45 bits per heavy atom. The third-order valence-corrected chi connectivity index (χ3v) is 4.14. The zero-order chi connectivity index (χ0) is 15.0. The molecule has 2 saturated heterocycles. The van der Waals surface area contributed by atoms with Gasteiger partial charge in [-0.05, 0) is 25.8 Å². The fraction of sp³-hybridized carbons (Fsp3) is 0.833. The van der Waals surface area contributed by atoms with E-state index in [1.807, 2.05) is 0 Å². The number of halogens is 3. The number of likely N-dealkylation sites (tertiary alicyclic amines) is 1. The lowest BCUT2D eigenvalue weighted by molar-refractivity contribution is -0.227. The van der Waals surface area contributed by atoms with E-state index >= 15 is 0 Å². The smallest absolute Gasteiger partial charge is 0.406 e. The first-order valence-corrected chi connectivity index (χ1v) is 6.60. The van der Waals surface area contributed by atoms with Crippen molar-refractivity contribution >= 4 is 11.9 Å². The summed E-state index contributed by atoms with van der Waals surface area (Å²) in [5, 5.41) is 11.9. The minimum Gasteiger partial charge on any atom is -0.481 e. The van der Waals surface area contributed by atoms with Crippen LogP contribution >= 0.6 is 0 Å². The minimum atomic E-state index is -4.85. The molecule has 0 radical (unpaired) electrons. The zero-order valence-electron chi connectivity index (χ0n) is 10.9. The molecule has 1 unspecified atom stereocenters. The highest BCUT2D eigenvalue weighted by atomic mass is 19.4. The maximum Gasteiger partial charge on any atom is 0.406 e. The third kappa shape index (κ3) is 2.48. The van der Waals surface area contributed by atoms with Gasteiger partial charge in [-0.15, -0.1) is 0 Å². The Morgan fingerprint density at radius 1 is 1.30 bits per heavy atom. The van der Waals surface area contributed by atoms with Gasteiger partial charge in [0, 0.05) is 13.1 Å². The Bertz CT molecular complexity index is 407. The summed E-state index contributed by atoms with van der Waals surface area (Å²) in [6.07, 6.45) is -3.06. The number of hydrogen-bond acceptors (Lipinski definition) is 3. The van der Waals surface area contributed by atoms with Gasteiger partial charge in [-0.3, -0.25) is 9.59 Å². The number of carbonyl (C=O) groups is 2. The SMILES string of the molecule is O=C([C@H]1CCCCN1)N1CCC(C(=O)O)(C(F)(F)F)C1. The molecule has 2 aliphatic heterocycles. The van der Waals surface area contributed by atoms with E-state index in [-0.39, 0.29) is 6.54 Å². The summed E-state index contributed by atoms with van der Waals surface area (Å²) in [5.41, 5.74) is -2.82. The fourth-order valence-corrected chi connectivity index (χ4v) is 2.81. The Hall–Kier alpha value is -1.31. The molecule has 2 N–H and O–H groups in total. The van der Waals surface area contributed by atoms with Gasteiger partial charge in [0.2, 0.25) is 5.91 Å². The molecule has 2 heterocycles. The number of amides is 1. The lowest BCUT2D eigenvalue weighted by Crippen LogP contribution is -2.51. The molecule has 114 valence electrons. The second-order valence-corrected chi connectivity index (χ2v) is 5.40. The molecule has 0 aromatic heterocycles. The number of alkyl halides is 3. The summed E-state index contributed by atoms with van der Waals surface area (Å²) >= 11 is 0. The van der Waals surface area contributed by atoms with Crippen LogP contribution in [0.15, 0.2) is 0 Å². The van der Waals surface area contributed by atoms with Crippen molar-refractivity contribution in [2.75, 3.05) is 19.6 Å². The van der Waals surface area contributed by atoms with Crippen LogP contribution in [-0.4, -0.2) is 53.7 Å².